The Morgan fingerprint density at radius 2 is 1.82 bits per heavy atom. The SMILES string of the molecule is CC1(C)[C@H](NC(=O)NC2CCN(C3CC3)CC2)[C@H]2CCO[C@H]21. The molecule has 2 aliphatic carbocycles. The fourth-order valence-corrected chi connectivity index (χ4v) is 4.83. The van der Waals surface area contributed by atoms with Gasteiger partial charge in [0.1, 0.15) is 0 Å². The molecule has 2 aliphatic heterocycles. The second-order valence-corrected chi connectivity index (χ2v) is 8.20. The van der Waals surface area contributed by atoms with E-state index in [1.807, 2.05) is 0 Å². The Bertz CT molecular complexity index is 441. The van der Waals surface area contributed by atoms with Crippen molar-refractivity contribution in [3.8, 4) is 0 Å². The highest BCUT2D eigenvalue weighted by Crippen LogP contribution is 2.52. The first-order valence-electron chi connectivity index (χ1n) is 8.98. The van der Waals surface area contributed by atoms with Crippen molar-refractivity contribution >= 4 is 6.03 Å². The molecule has 5 heteroatoms. The summed E-state index contributed by atoms with van der Waals surface area (Å²) >= 11 is 0. The van der Waals surface area contributed by atoms with Crippen LogP contribution in [-0.2, 0) is 4.74 Å². The molecular weight excluding hydrogens is 278 g/mol. The Morgan fingerprint density at radius 1 is 1.09 bits per heavy atom. The first kappa shape index (κ1) is 14.8. The number of carbonyl (C=O) groups excluding carboxylic acids is 1. The van der Waals surface area contributed by atoms with Gasteiger partial charge in [0.15, 0.2) is 0 Å². The largest absolute Gasteiger partial charge is 0.377 e. The number of fused-ring (bicyclic) bond motifs is 1. The van der Waals surface area contributed by atoms with Gasteiger partial charge in [-0.2, -0.15) is 0 Å². The summed E-state index contributed by atoms with van der Waals surface area (Å²) in [5.41, 5.74) is 0.0633. The topological polar surface area (TPSA) is 53.6 Å². The molecule has 2 amide bonds. The Kier molecular flexibility index (Phi) is 3.61. The number of amides is 2. The minimum atomic E-state index is 0.0216. The monoisotopic (exact) mass is 307 g/mol. The Labute approximate surface area is 133 Å². The summed E-state index contributed by atoms with van der Waals surface area (Å²) in [4.78, 5) is 14.9. The summed E-state index contributed by atoms with van der Waals surface area (Å²) in [6, 6.07) is 1.47. The average molecular weight is 307 g/mol. The number of nitrogens with zero attached hydrogens (tertiary/aromatic N) is 1. The van der Waals surface area contributed by atoms with Gasteiger partial charge in [0, 0.05) is 49.2 Å². The Hall–Kier alpha value is -0.810. The third-order valence-corrected chi connectivity index (χ3v) is 6.32. The van der Waals surface area contributed by atoms with Crippen molar-refractivity contribution in [1.82, 2.24) is 15.5 Å². The van der Waals surface area contributed by atoms with E-state index < -0.39 is 0 Å². The molecule has 0 bridgehead atoms. The van der Waals surface area contributed by atoms with Gasteiger partial charge in [-0.25, -0.2) is 4.79 Å². The summed E-state index contributed by atoms with van der Waals surface area (Å²) in [5, 5.41) is 6.43. The lowest BCUT2D eigenvalue weighted by molar-refractivity contribution is -0.108. The third-order valence-electron chi connectivity index (χ3n) is 6.32. The number of carbonyl (C=O) groups is 1. The Balaban J connectivity index is 1.25. The summed E-state index contributed by atoms with van der Waals surface area (Å²) in [5.74, 6) is 0.512. The van der Waals surface area contributed by atoms with Crippen LogP contribution in [0.5, 0.6) is 0 Å². The van der Waals surface area contributed by atoms with Crippen LogP contribution in [0.1, 0.15) is 46.0 Å². The lowest BCUT2D eigenvalue weighted by atomic mass is 9.57. The zero-order valence-electron chi connectivity index (χ0n) is 13.8. The molecule has 4 fully saturated rings. The molecule has 0 spiro atoms. The van der Waals surface area contributed by atoms with Crippen LogP contribution in [0.2, 0.25) is 0 Å². The number of hydrogen-bond donors (Lipinski definition) is 2. The molecule has 0 radical (unpaired) electrons. The maximum absolute atomic E-state index is 12.3. The van der Waals surface area contributed by atoms with E-state index in [2.05, 4.69) is 29.4 Å². The van der Waals surface area contributed by atoms with Gasteiger partial charge in [0.2, 0.25) is 0 Å². The predicted molar refractivity (Wildman–Crippen MR) is 84.7 cm³/mol. The van der Waals surface area contributed by atoms with Crippen molar-refractivity contribution in [2.75, 3.05) is 19.7 Å². The van der Waals surface area contributed by atoms with Gasteiger partial charge < -0.3 is 20.3 Å². The molecule has 2 saturated carbocycles. The maximum Gasteiger partial charge on any atom is 0.315 e. The van der Waals surface area contributed by atoms with Gasteiger partial charge in [-0.05, 0) is 32.1 Å². The van der Waals surface area contributed by atoms with Crippen LogP contribution in [0.4, 0.5) is 4.79 Å². The van der Waals surface area contributed by atoms with Crippen LogP contribution in [0.3, 0.4) is 0 Å². The molecule has 124 valence electrons. The van der Waals surface area contributed by atoms with E-state index in [0.717, 1.165) is 45.0 Å². The van der Waals surface area contributed by atoms with Crippen LogP contribution < -0.4 is 10.6 Å². The number of hydrogen-bond acceptors (Lipinski definition) is 3. The summed E-state index contributed by atoms with van der Waals surface area (Å²) in [6.07, 6.45) is 6.35. The number of likely N-dealkylation sites (tertiary alicyclic amines) is 1. The van der Waals surface area contributed by atoms with Crippen molar-refractivity contribution in [1.29, 1.82) is 0 Å². The van der Waals surface area contributed by atoms with E-state index in [-0.39, 0.29) is 17.5 Å². The zero-order chi connectivity index (χ0) is 15.3. The molecule has 0 unspecified atom stereocenters. The van der Waals surface area contributed by atoms with Gasteiger partial charge in [0.05, 0.1) is 6.10 Å². The molecule has 2 heterocycles. The van der Waals surface area contributed by atoms with Crippen LogP contribution >= 0.6 is 0 Å². The molecule has 22 heavy (non-hydrogen) atoms. The Morgan fingerprint density at radius 3 is 2.50 bits per heavy atom. The quantitative estimate of drug-likeness (QED) is 0.835. The molecule has 2 saturated heterocycles. The first-order chi connectivity index (χ1) is 10.6. The van der Waals surface area contributed by atoms with Crippen LogP contribution in [-0.4, -0.2) is 54.9 Å². The number of piperidine rings is 1. The van der Waals surface area contributed by atoms with E-state index in [1.165, 1.54) is 12.8 Å². The van der Waals surface area contributed by atoms with E-state index in [4.69, 9.17) is 4.74 Å². The highest BCUT2D eigenvalue weighted by Gasteiger charge is 2.59. The predicted octanol–water partition coefficient (Wildman–Crippen LogP) is 1.73. The number of rotatable bonds is 3. The highest BCUT2D eigenvalue weighted by atomic mass is 16.5. The maximum atomic E-state index is 12.3. The summed E-state index contributed by atoms with van der Waals surface area (Å²) in [6.45, 7) is 7.54. The van der Waals surface area contributed by atoms with E-state index in [1.54, 1.807) is 0 Å². The average Bonchev–Trinajstić information content (AvgIpc) is 3.24. The van der Waals surface area contributed by atoms with Crippen molar-refractivity contribution in [2.24, 2.45) is 11.3 Å². The van der Waals surface area contributed by atoms with Gasteiger partial charge >= 0.3 is 6.03 Å². The van der Waals surface area contributed by atoms with Crippen molar-refractivity contribution in [3.05, 3.63) is 0 Å². The third kappa shape index (κ3) is 2.52. The lowest BCUT2D eigenvalue weighted by Gasteiger charge is -2.54. The fourth-order valence-electron chi connectivity index (χ4n) is 4.83. The summed E-state index contributed by atoms with van der Waals surface area (Å²) < 4.78 is 5.79. The zero-order valence-corrected chi connectivity index (χ0v) is 13.8. The first-order valence-corrected chi connectivity index (χ1v) is 8.98. The number of ether oxygens (including phenoxy) is 1. The van der Waals surface area contributed by atoms with E-state index >= 15 is 0 Å². The molecule has 0 aromatic rings. The van der Waals surface area contributed by atoms with Gasteiger partial charge in [-0.3, -0.25) is 0 Å². The lowest BCUT2D eigenvalue weighted by Crippen LogP contribution is -2.68. The normalized spacial score (nSPS) is 38.2. The second-order valence-electron chi connectivity index (χ2n) is 8.20. The van der Waals surface area contributed by atoms with Crippen molar-refractivity contribution in [3.63, 3.8) is 0 Å². The van der Waals surface area contributed by atoms with E-state index in [0.29, 0.717) is 18.1 Å². The smallest absolute Gasteiger partial charge is 0.315 e. The van der Waals surface area contributed by atoms with Crippen LogP contribution in [0.15, 0.2) is 0 Å². The van der Waals surface area contributed by atoms with Crippen molar-refractivity contribution < 1.29 is 9.53 Å². The molecular formula is C17H29N3O2. The number of nitrogens with one attached hydrogen (secondary N) is 2. The van der Waals surface area contributed by atoms with Gasteiger partial charge in [0.25, 0.3) is 0 Å². The second kappa shape index (κ2) is 5.38. The molecule has 2 N–H and O–H groups in total. The molecule has 5 nitrogen and oxygen atoms in total. The van der Waals surface area contributed by atoms with Crippen LogP contribution in [0.25, 0.3) is 0 Å². The van der Waals surface area contributed by atoms with Gasteiger partial charge in [-0.1, -0.05) is 13.8 Å². The fraction of sp³-hybridized carbons (Fsp3) is 0.941. The molecule has 0 aromatic heterocycles. The van der Waals surface area contributed by atoms with Crippen LogP contribution in [0, 0.1) is 11.3 Å². The number of urea groups is 1. The molecule has 4 aliphatic rings. The minimum Gasteiger partial charge on any atom is -0.377 e. The molecule has 0 aromatic carbocycles. The molecule has 3 atom stereocenters. The minimum absolute atomic E-state index is 0.0216. The standard InChI is InChI=1S/C17H29N3O2/c1-17(2)14(13-7-10-22-15(13)17)19-16(21)18-11-5-8-20(9-6-11)12-3-4-12/h11-15H,3-10H2,1-2H3,(H2,18,19,21)/t13-,14-,15-/m1/s1. The molecule has 4 rings (SSSR count). The summed E-state index contributed by atoms with van der Waals surface area (Å²) in [7, 11) is 0. The van der Waals surface area contributed by atoms with E-state index in [9.17, 15) is 4.79 Å². The van der Waals surface area contributed by atoms with Crippen molar-refractivity contribution in [2.45, 2.75) is 70.2 Å². The van der Waals surface area contributed by atoms with Gasteiger partial charge in [-0.15, -0.1) is 0 Å². The highest BCUT2D eigenvalue weighted by molar-refractivity contribution is 5.75.